The molecule has 0 aromatic heterocycles. The maximum atomic E-state index is 12.8. The normalized spacial score (nSPS) is 15.9. The largest absolute Gasteiger partial charge is 0.493 e. The number of ether oxygens (including phenoxy) is 8. The lowest BCUT2D eigenvalue weighted by molar-refractivity contribution is 0.0852. The molecule has 280 valence electrons. The lowest BCUT2D eigenvalue weighted by Crippen LogP contribution is -2.38. The van der Waals surface area contributed by atoms with E-state index in [9.17, 15) is 4.79 Å². The third-order valence-electron chi connectivity index (χ3n) is 9.08. The van der Waals surface area contributed by atoms with Crippen LogP contribution < -0.4 is 48.5 Å². The Hall–Kier alpha value is -5.98. The van der Waals surface area contributed by atoms with Crippen molar-refractivity contribution in [3.05, 3.63) is 88.5 Å². The molecule has 2 N–H and O–H groups in total. The Morgan fingerprint density at radius 1 is 0.660 bits per heavy atom. The van der Waals surface area contributed by atoms with Gasteiger partial charge in [-0.1, -0.05) is 22.9 Å². The fourth-order valence-corrected chi connectivity index (χ4v) is 6.29. The summed E-state index contributed by atoms with van der Waals surface area (Å²) in [5.74, 6) is 4.18. The number of fused-ring (bicyclic) bond motifs is 1. The minimum Gasteiger partial charge on any atom is -0.493 e. The molecule has 13 heteroatoms. The van der Waals surface area contributed by atoms with Crippen LogP contribution in [-0.2, 0) is 4.84 Å². The molecule has 53 heavy (non-hydrogen) atoms. The van der Waals surface area contributed by atoms with Crippen molar-refractivity contribution < 1.29 is 47.5 Å². The van der Waals surface area contributed by atoms with Crippen molar-refractivity contribution in [1.82, 2.24) is 5.32 Å². The zero-order valence-corrected chi connectivity index (χ0v) is 31.0. The fraction of sp³-hybridized carbons (Fsp3) is 0.350. The van der Waals surface area contributed by atoms with E-state index in [0.717, 1.165) is 40.1 Å². The highest BCUT2D eigenvalue weighted by molar-refractivity contribution is 6.03. The Morgan fingerprint density at radius 2 is 1.28 bits per heavy atom. The second-order valence-electron chi connectivity index (χ2n) is 12.4. The lowest BCUT2D eigenvalue weighted by atomic mass is 9.99. The summed E-state index contributed by atoms with van der Waals surface area (Å²) in [7, 11) is 9.48. The molecule has 4 aromatic rings. The molecule has 1 amide bonds. The smallest absolute Gasteiger partial charge is 0.255 e. The van der Waals surface area contributed by atoms with E-state index >= 15 is 0 Å². The van der Waals surface area contributed by atoms with E-state index in [1.807, 2.05) is 67.6 Å². The molecule has 0 bridgehead atoms. The zero-order chi connectivity index (χ0) is 37.5. The molecular weight excluding hydrogens is 682 g/mol. The quantitative estimate of drug-likeness (QED) is 0.115. The molecule has 2 heterocycles. The number of hydrogen-bond acceptors (Lipinski definition) is 12. The Bertz CT molecular complexity index is 1930. The second kappa shape index (κ2) is 16.6. The molecular formula is C40H45N3O10. The molecule has 2 atom stereocenters. The van der Waals surface area contributed by atoms with Gasteiger partial charge >= 0.3 is 0 Å². The van der Waals surface area contributed by atoms with Gasteiger partial charge in [0.2, 0.25) is 11.5 Å². The number of unbranched alkanes of at least 4 members (excludes halogenated alkanes) is 1. The van der Waals surface area contributed by atoms with Gasteiger partial charge in [0.05, 0.1) is 67.1 Å². The molecule has 0 radical (unpaired) electrons. The van der Waals surface area contributed by atoms with Gasteiger partial charge in [-0.05, 0) is 73.9 Å². The Labute approximate surface area is 309 Å². The first kappa shape index (κ1) is 36.8. The van der Waals surface area contributed by atoms with Crippen molar-refractivity contribution in [2.24, 2.45) is 5.16 Å². The first-order chi connectivity index (χ1) is 25.8. The van der Waals surface area contributed by atoms with Crippen LogP contribution in [0.5, 0.6) is 46.0 Å². The second-order valence-corrected chi connectivity index (χ2v) is 12.4. The summed E-state index contributed by atoms with van der Waals surface area (Å²) in [6.45, 7) is 2.82. The number of nitrogens with one attached hydrogen (secondary N) is 2. The van der Waals surface area contributed by atoms with Gasteiger partial charge < -0.3 is 53.4 Å². The molecule has 2 unspecified atom stereocenters. The van der Waals surface area contributed by atoms with Gasteiger partial charge in [-0.15, -0.1) is 0 Å². The van der Waals surface area contributed by atoms with Crippen molar-refractivity contribution in [2.75, 3.05) is 61.2 Å². The van der Waals surface area contributed by atoms with Crippen LogP contribution in [0.3, 0.4) is 0 Å². The molecule has 0 saturated heterocycles. The van der Waals surface area contributed by atoms with E-state index in [2.05, 4.69) is 15.8 Å². The topological polar surface area (TPSA) is 137 Å². The molecule has 13 nitrogen and oxygen atoms in total. The monoisotopic (exact) mass is 727 g/mol. The first-order valence-corrected chi connectivity index (χ1v) is 17.2. The maximum absolute atomic E-state index is 12.8. The Balaban J connectivity index is 1.02. The van der Waals surface area contributed by atoms with Crippen LogP contribution in [0.1, 0.15) is 64.1 Å². The van der Waals surface area contributed by atoms with E-state index in [4.69, 9.17) is 42.7 Å². The molecule has 2 aliphatic heterocycles. The van der Waals surface area contributed by atoms with Crippen LogP contribution in [0, 0.1) is 6.92 Å². The van der Waals surface area contributed by atoms with Crippen LogP contribution in [0.25, 0.3) is 0 Å². The van der Waals surface area contributed by atoms with E-state index in [-0.39, 0.29) is 12.0 Å². The highest BCUT2D eigenvalue weighted by atomic mass is 16.6. The minimum atomic E-state index is -0.397. The van der Waals surface area contributed by atoms with Crippen molar-refractivity contribution in [2.45, 2.75) is 38.5 Å². The summed E-state index contributed by atoms with van der Waals surface area (Å²) in [5, 5.41) is 10.8. The lowest BCUT2D eigenvalue weighted by Gasteiger charge is -2.28. The van der Waals surface area contributed by atoms with Gasteiger partial charge in [0.1, 0.15) is 6.17 Å². The fourth-order valence-electron chi connectivity index (χ4n) is 6.29. The number of oxime groups is 1. The van der Waals surface area contributed by atoms with E-state index in [1.165, 1.54) is 0 Å². The molecule has 0 aliphatic carbocycles. The van der Waals surface area contributed by atoms with Gasteiger partial charge in [0.15, 0.2) is 40.6 Å². The van der Waals surface area contributed by atoms with Gasteiger partial charge in [-0.25, -0.2) is 0 Å². The van der Waals surface area contributed by atoms with Crippen LogP contribution in [-0.4, -0.2) is 67.5 Å². The summed E-state index contributed by atoms with van der Waals surface area (Å²) < 4.78 is 45.8. The summed E-state index contributed by atoms with van der Waals surface area (Å²) in [5.41, 5.74) is 5.65. The first-order valence-electron chi connectivity index (χ1n) is 17.2. The molecule has 2 aliphatic rings. The minimum absolute atomic E-state index is 0.125. The van der Waals surface area contributed by atoms with Crippen LogP contribution in [0.4, 0.5) is 5.69 Å². The number of methoxy groups -OCH3 is 6. The maximum Gasteiger partial charge on any atom is 0.255 e. The van der Waals surface area contributed by atoms with Gasteiger partial charge in [-0.2, -0.15) is 0 Å². The van der Waals surface area contributed by atoms with Crippen LogP contribution in [0.15, 0.2) is 65.8 Å². The zero-order valence-electron chi connectivity index (χ0n) is 31.0. The van der Waals surface area contributed by atoms with Crippen LogP contribution >= 0.6 is 0 Å². The number of hydrogen-bond donors (Lipinski definition) is 2. The number of aryl methyl sites for hydroxylation is 1. The van der Waals surface area contributed by atoms with Crippen molar-refractivity contribution >= 4 is 17.3 Å². The number of carbonyl (C=O) groups excluding carboxylic acids is 1. The standard InChI is InChI=1S/C40H45N3O10/c1-23-10-12-28-27(16-23)40(44)42-39(41-28)24-11-13-30(32(17-24)45-2)51-14-8-9-15-52-38-35(48-5)20-26(21-36(38)49-6)31-22-29(43-53-31)25-18-33(46-3)37(50-7)34(19-25)47-4/h10-13,16-21,31,39,41H,8-9,14-15,22H2,1-7H3,(H,42,44). The van der Waals surface area contributed by atoms with E-state index in [1.54, 1.807) is 42.7 Å². The highest BCUT2D eigenvalue weighted by Crippen LogP contribution is 2.44. The molecule has 0 saturated carbocycles. The Morgan fingerprint density at radius 3 is 1.92 bits per heavy atom. The average Bonchev–Trinajstić information content (AvgIpc) is 3.69. The number of anilines is 1. The molecule has 4 aromatic carbocycles. The predicted molar refractivity (Wildman–Crippen MR) is 199 cm³/mol. The average molecular weight is 728 g/mol. The van der Waals surface area contributed by atoms with Gasteiger partial charge in [0, 0.05) is 23.2 Å². The number of rotatable bonds is 16. The summed E-state index contributed by atoms with van der Waals surface area (Å²) >= 11 is 0. The van der Waals surface area contributed by atoms with Crippen molar-refractivity contribution in [1.29, 1.82) is 0 Å². The summed E-state index contributed by atoms with van der Waals surface area (Å²) in [6, 6.07) is 18.9. The van der Waals surface area contributed by atoms with Crippen molar-refractivity contribution in [3.8, 4) is 46.0 Å². The van der Waals surface area contributed by atoms with Crippen LogP contribution in [0.2, 0.25) is 0 Å². The number of amides is 1. The number of benzene rings is 4. The molecule has 0 spiro atoms. The highest BCUT2D eigenvalue weighted by Gasteiger charge is 2.29. The van der Waals surface area contributed by atoms with E-state index < -0.39 is 6.17 Å². The predicted octanol–water partition coefficient (Wildman–Crippen LogP) is 7.00. The Kier molecular flexibility index (Phi) is 11.5. The number of nitrogens with zero attached hydrogens (tertiary/aromatic N) is 1. The summed E-state index contributed by atoms with van der Waals surface area (Å²) in [4.78, 5) is 18.6. The van der Waals surface area contributed by atoms with E-state index in [0.29, 0.717) is 77.6 Å². The third kappa shape index (κ3) is 7.93. The van der Waals surface area contributed by atoms with Crippen molar-refractivity contribution in [3.63, 3.8) is 0 Å². The van der Waals surface area contributed by atoms with Gasteiger partial charge in [0.25, 0.3) is 5.91 Å². The molecule has 6 rings (SSSR count). The molecule has 0 fully saturated rings. The van der Waals surface area contributed by atoms with Gasteiger partial charge in [-0.3, -0.25) is 4.79 Å². The number of carbonyl (C=O) groups is 1. The summed E-state index contributed by atoms with van der Waals surface area (Å²) in [6.07, 6.45) is 1.17. The third-order valence-corrected chi connectivity index (χ3v) is 9.08. The SMILES string of the molecule is COc1cc(C2NC(=O)c3cc(C)ccc3N2)ccc1OCCCCOc1c(OC)cc(C2CC(c3cc(OC)c(OC)c(OC)c3)=NO2)cc1OC.